The van der Waals surface area contributed by atoms with Crippen LogP contribution in [0, 0.1) is 0 Å². The molecule has 3 nitrogen and oxygen atoms in total. The van der Waals surface area contributed by atoms with Gasteiger partial charge in [-0.15, -0.1) is 0 Å². The number of halogens is 1. The maximum absolute atomic E-state index is 12.0. The number of hydrogen-bond acceptors (Lipinski definition) is 2. The van der Waals surface area contributed by atoms with Crippen LogP contribution in [-0.4, -0.2) is 19.1 Å². The van der Waals surface area contributed by atoms with Crippen molar-refractivity contribution in [1.29, 1.82) is 0 Å². The van der Waals surface area contributed by atoms with E-state index in [1.54, 1.807) is 0 Å². The summed E-state index contributed by atoms with van der Waals surface area (Å²) in [6.45, 7) is 1.44. The summed E-state index contributed by atoms with van der Waals surface area (Å²) in [6.07, 6.45) is 2.39. The van der Waals surface area contributed by atoms with Gasteiger partial charge in [0.1, 0.15) is 5.75 Å². The highest BCUT2D eigenvalue weighted by molar-refractivity contribution is 9.10. The lowest BCUT2D eigenvalue weighted by Crippen LogP contribution is -2.28. The Morgan fingerprint density at radius 3 is 2.87 bits per heavy atom. The molecule has 0 fully saturated rings. The van der Waals surface area contributed by atoms with Crippen molar-refractivity contribution in [2.75, 3.05) is 13.2 Å². The zero-order valence-corrected chi connectivity index (χ0v) is 14.5. The summed E-state index contributed by atoms with van der Waals surface area (Å²) in [6, 6.07) is 16.0. The number of fused-ring (bicyclic) bond motifs is 1. The second-order valence-corrected chi connectivity index (χ2v) is 6.73. The standard InChI is InChI=1S/C19H20BrNO2/c20-16-6-7-17-15(9-11-23-18(17)13-16)8-10-21-19(22)12-14-4-2-1-3-5-14/h1-7,13,15H,8-12H2,(H,21,22). The van der Waals surface area contributed by atoms with Gasteiger partial charge in [-0.25, -0.2) is 0 Å². The predicted octanol–water partition coefficient (Wildman–Crippen LogP) is 4.06. The molecule has 3 rings (SSSR count). The average Bonchev–Trinajstić information content (AvgIpc) is 2.55. The third kappa shape index (κ3) is 4.35. The normalized spacial score (nSPS) is 16.3. The maximum Gasteiger partial charge on any atom is 0.224 e. The van der Waals surface area contributed by atoms with Gasteiger partial charge in [0, 0.05) is 11.0 Å². The van der Waals surface area contributed by atoms with Gasteiger partial charge in [-0.2, -0.15) is 0 Å². The van der Waals surface area contributed by atoms with Crippen LogP contribution in [0.5, 0.6) is 5.75 Å². The molecule has 1 aliphatic rings. The van der Waals surface area contributed by atoms with Crippen molar-refractivity contribution >= 4 is 21.8 Å². The monoisotopic (exact) mass is 373 g/mol. The summed E-state index contributed by atoms with van der Waals surface area (Å²) in [5, 5.41) is 3.03. The lowest BCUT2D eigenvalue weighted by atomic mass is 9.90. The molecule has 4 heteroatoms. The molecule has 1 aliphatic heterocycles. The van der Waals surface area contributed by atoms with Gasteiger partial charge in [0.15, 0.2) is 0 Å². The molecular weight excluding hydrogens is 354 g/mol. The van der Waals surface area contributed by atoms with Crippen LogP contribution in [0.1, 0.15) is 29.9 Å². The lowest BCUT2D eigenvalue weighted by molar-refractivity contribution is -0.120. The molecule has 1 N–H and O–H groups in total. The van der Waals surface area contributed by atoms with E-state index in [-0.39, 0.29) is 5.91 Å². The Bertz CT molecular complexity index is 672. The van der Waals surface area contributed by atoms with Crippen LogP contribution in [0.3, 0.4) is 0 Å². The Morgan fingerprint density at radius 2 is 2.04 bits per heavy atom. The fourth-order valence-electron chi connectivity index (χ4n) is 2.97. The van der Waals surface area contributed by atoms with Gasteiger partial charge in [-0.05, 0) is 42.0 Å². The van der Waals surface area contributed by atoms with Crippen LogP contribution in [0.2, 0.25) is 0 Å². The van der Waals surface area contributed by atoms with E-state index in [0.717, 1.165) is 35.2 Å². The lowest BCUT2D eigenvalue weighted by Gasteiger charge is -2.26. The zero-order chi connectivity index (χ0) is 16.1. The molecule has 0 aliphatic carbocycles. The minimum absolute atomic E-state index is 0.0827. The van der Waals surface area contributed by atoms with Crippen molar-refractivity contribution in [3.8, 4) is 5.75 Å². The Hall–Kier alpha value is -1.81. The number of rotatable bonds is 5. The molecule has 1 amide bonds. The fraction of sp³-hybridized carbons (Fsp3) is 0.316. The zero-order valence-electron chi connectivity index (χ0n) is 12.9. The number of ether oxygens (including phenoxy) is 1. The first-order valence-electron chi connectivity index (χ1n) is 7.95. The van der Waals surface area contributed by atoms with Gasteiger partial charge in [0.25, 0.3) is 0 Å². The smallest absolute Gasteiger partial charge is 0.224 e. The van der Waals surface area contributed by atoms with Crippen molar-refractivity contribution in [3.05, 3.63) is 64.1 Å². The second-order valence-electron chi connectivity index (χ2n) is 5.82. The Kier molecular flexibility index (Phi) is 5.34. The van der Waals surface area contributed by atoms with Gasteiger partial charge < -0.3 is 10.1 Å². The van der Waals surface area contributed by atoms with Gasteiger partial charge in [0.05, 0.1) is 13.0 Å². The van der Waals surface area contributed by atoms with Crippen LogP contribution in [0.25, 0.3) is 0 Å². The summed E-state index contributed by atoms with van der Waals surface area (Å²) >= 11 is 3.48. The highest BCUT2D eigenvalue weighted by Crippen LogP contribution is 2.37. The van der Waals surface area contributed by atoms with Crippen molar-refractivity contribution in [2.45, 2.75) is 25.2 Å². The molecule has 0 saturated heterocycles. The molecule has 1 unspecified atom stereocenters. The molecule has 0 bridgehead atoms. The Balaban J connectivity index is 1.51. The summed E-state index contributed by atoms with van der Waals surface area (Å²) < 4.78 is 6.76. The minimum atomic E-state index is 0.0827. The van der Waals surface area contributed by atoms with E-state index in [9.17, 15) is 4.79 Å². The first-order chi connectivity index (χ1) is 11.2. The SMILES string of the molecule is O=C(Cc1ccccc1)NCCC1CCOc2cc(Br)ccc21. The topological polar surface area (TPSA) is 38.3 Å². The Labute approximate surface area is 145 Å². The van der Waals surface area contributed by atoms with Crippen LogP contribution in [0.4, 0.5) is 0 Å². The fourth-order valence-corrected chi connectivity index (χ4v) is 3.31. The highest BCUT2D eigenvalue weighted by Gasteiger charge is 2.21. The van der Waals surface area contributed by atoms with Crippen molar-refractivity contribution < 1.29 is 9.53 Å². The van der Waals surface area contributed by atoms with Crippen LogP contribution < -0.4 is 10.1 Å². The molecule has 120 valence electrons. The summed E-state index contributed by atoms with van der Waals surface area (Å²) in [5.74, 6) is 1.49. The van der Waals surface area contributed by atoms with E-state index in [1.807, 2.05) is 36.4 Å². The highest BCUT2D eigenvalue weighted by atomic mass is 79.9. The molecular formula is C19H20BrNO2. The molecule has 0 aromatic heterocycles. The first-order valence-corrected chi connectivity index (χ1v) is 8.74. The van der Waals surface area contributed by atoms with E-state index in [1.165, 1.54) is 5.56 Å². The van der Waals surface area contributed by atoms with Crippen molar-refractivity contribution in [3.63, 3.8) is 0 Å². The Morgan fingerprint density at radius 1 is 1.22 bits per heavy atom. The molecule has 0 radical (unpaired) electrons. The number of benzene rings is 2. The molecule has 1 heterocycles. The molecule has 2 aromatic carbocycles. The van der Waals surface area contributed by atoms with Crippen molar-refractivity contribution in [1.82, 2.24) is 5.32 Å². The van der Waals surface area contributed by atoms with Gasteiger partial charge in [0.2, 0.25) is 5.91 Å². The largest absolute Gasteiger partial charge is 0.493 e. The van der Waals surface area contributed by atoms with E-state index in [0.29, 0.717) is 18.9 Å². The van der Waals surface area contributed by atoms with Crippen LogP contribution >= 0.6 is 15.9 Å². The van der Waals surface area contributed by atoms with Gasteiger partial charge in [-0.3, -0.25) is 4.79 Å². The van der Waals surface area contributed by atoms with Crippen LogP contribution in [-0.2, 0) is 11.2 Å². The third-order valence-electron chi connectivity index (χ3n) is 4.16. The van der Waals surface area contributed by atoms with Gasteiger partial charge in [-0.1, -0.05) is 52.3 Å². The number of carbonyl (C=O) groups excluding carboxylic acids is 1. The van der Waals surface area contributed by atoms with E-state index in [4.69, 9.17) is 4.74 Å². The summed E-state index contributed by atoms with van der Waals surface area (Å²) in [7, 11) is 0. The van der Waals surface area contributed by atoms with Crippen LogP contribution in [0.15, 0.2) is 53.0 Å². The third-order valence-corrected chi connectivity index (χ3v) is 4.66. The van der Waals surface area contributed by atoms with Gasteiger partial charge >= 0.3 is 0 Å². The summed E-state index contributed by atoms with van der Waals surface area (Å²) in [5.41, 5.74) is 2.29. The number of amides is 1. The number of nitrogens with one attached hydrogen (secondary N) is 1. The second kappa shape index (κ2) is 7.64. The molecule has 2 aromatic rings. The predicted molar refractivity (Wildman–Crippen MR) is 94.8 cm³/mol. The average molecular weight is 374 g/mol. The quantitative estimate of drug-likeness (QED) is 0.857. The van der Waals surface area contributed by atoms with E-state index < -0.39 is 0 Å². The van der Waals surface area contributed by atoms with E-state index >= 15 is 0 Å². The van der Waals surface area contributed by atoms with Crippen molar-refractivity contribution in [2.24, 2.45) is 0 Å². The first kappa shape index (κ1) is 16.1. The molecule has 23 heavy (non-hydrogen) atoms. The number of hydrogen-bond donors (Lipinski definition) is 1. The maximum atomic E-state index is 12.0. The minimum Gasteiger partial charge on any atom is -0.493 e. The molecule has 0 spiro atoms. The molecule has 1 atom stereocenters. The molecule has 0 saturated carbocycles. The summed E-state index contributed by atoms with van der Waals surface area (Å²) in [4.78, 5) is 12.0. The number of carbonyl (C=O) groups is 1. The van der Waals surface area contributed by atoms with E-state index in [2.05, 4.69) is 33.4 Å².